The fourth-order valence-electron chi connectivity index (χ4n) is 2.52. The van der Waals surface area contributed by atoms with Crippen LogP contribution in [0.1, 0.15) is 70.8 Å². The molecule has 0 aliphatic carbocycles. The molecule has 2 N–H and O–H groups in total. The van der Waals surface area contributed by atoms with Crippen molar-refractivity contribution in [3.05, 3.63) is 17.5 Å². The summed E-state index contributed by atoms with van der Waals surface area (Å²) in [6, 6.07) is 2.05. The maximum Gasteiger partial charge on any atom is 0.191 e. The van der Waals surface area contributed by atoms with Crippen LogP contribution < -0.4 is 10.6 Å². The van der Waals surface area contributed by atoms with Crippen molar-refractivity contribution in [2.24, 2.45) is 10.9 Å². The number of nitrogens with one attached hydrogen (secondary N) is 2. The van der Waals surface area contributed by atoms with Crippen molar-refractivity contribution in [1.82, 2.24) is 15.8 Å². The third kappa shape index (κ3) is 5.70. The molecule has 5 heteroatoms. The minimum Gasteiger partial charge on any atom is -0.359 e. The Morgan fingerprint density at radius 2 is 1.82 bits per heavy atom. The van der Waals surface area contributed by atoms with Gasteiger partial charge in [0.1, 0.15) is 0 Å². The lowest BCUT2D eigenvalue weighted by Gasteiger charge is -2.16. The first-order chi connectivity index (χ1) is 10.7. The Morgan fingerprint density at radius 3 is 2.36 bits per heavy atom. The van der Waals surface area contributed by atoms with Gasteiger partial charge in [0.05, 0.1) is 12.2 Å². The van der Waals surface area contributed by atoms with E-state index in [-0.39, 0.29) is 0 Å². The molecule has 1 aromatic rings. The monoisotopic (exact) mass is 308 g/mol. The number of rotatable bonds is 9. The molecule has 126 valence electrons. The second-order valence-electron chi connectivity index (χ2n) is 5.72. The molecule has 0 aliphatic heterocycles. The van der Waals surface area contributed by atoms with Gasteiger partial charge in [-0.2, -0.15) is 0 Å². The average Bonchev–Trinajstić information content (AvgIpc) is 3.01. The van der Waals surface area contributed by atoms with Crippen LogP contribution in [0.5, 0.6) is 0 Å². The van der Waals surface area contributed by atoms with E-state index in [0.717, 1.165) is 36.8 Å². The van der Waals surface area contributed by atoms with Gasteiger partial charge < -0.3 is 15.2 Å². The summed E-state index contributed by atoms with van der Waals surface area (Å²) in [6.45, 7) is 10.4. The molecular formula is C17H32N4O. The van der Waals surface area contributed by atoms with Crippen molar-refractivity contribution in [2.45, 2.75) is 65.8 Å². The van der Waals surface area contributed by atoms with E-state index in [1.165, 1.54) is 12.8 Å². The lowest BCUT2D eigenvalue weighted by molar-refractivity contribution is 0.367. The molecule has 0 saturated heterocycles. The summed E-state index contributed by atoms with van der Waals surface area (Å²) in [7, 11) is 1.79. The molecule has 0 bridgehead atoms. The van der Waals surface area contributed by atoms with Gasteiger partial charge in [0.15, 0.2) is 11.7 Å². The van der Waals surface area contributed by atoms with E-state index in [4.69, 9.17) is 4.52 Å². The standard InChI is InChI=1S/C17H32N4O/c1-6-13(7-2)11-19-17(18-5)20-12-15-10-16(21-22-15)14(8-3)9-4/h10,13-14H,6-9,11-12H2,1-5H3,(H2,18,19,20). The van der Waals surface area contributed by atoms with Crippen molar-refractivity contribution >= 4 is 5.96 Å². The SMILES string of the molecule is CCC(CC)CNC(=NC)NCc1cc(C(CC)CC)no1. The Kier molecular flexibility index (Phi) is 8.63. The molecule has 0 aliphatic rings. The summed E-state index contributed by atoms with van der Waals surface area (Å²) in [5.41, 5.74) is 1.06. The summed E-state index contributed by atoms with van der Waals surface area (Å²) >= 11 is 0. The molecule has 0 radical (unpaired) electrons. The molecular weight excluding hydrogens is 276 g/mol. The van der Waals surface area contributed by atoms with E-state index in [1.807, 2.05) is 0 Å². The third-order valence-corrected chi connectivity index (χ3v) is 4.35. The summed E-state index contributed by atoms with van der Waals surface area (Å²) in [6.07, 6.45) is 4.55. The Hall–Kier alpha value is -1.52. The van der Waals surface area contributed by atoms with Crippen LogP contribution in [0.4, 0.5) is 0 Å². The topological polar surface area (TPSA) is 62.5 Å². The van der Waals surface area contributed by atoms with Gasteiger partial charge in [0, 0.05) is 25.6 Å². The van der Waals surface area contributed by atoms with Crippen LogP contribution in [0.3, 0.4) is 0 Å². The van der Waals surface area contributed by atoms with Crippen molar-refractivity contribution in [1.29, 1.82) is 0 Å². The van der Waals surface area contributed by atoms with Crippen molar-refractivity contribution in [3.63, 3.8) is 0 Å². The Bertz CT molecular complexity index is 434. The Labute approximate surface area is 135 Å². The quantitative estimate of drug-likeness (QED) is 0.539. The first-order valence-electron chi connectivity index (χ1n) is 8.58. The third-order valence-electron chi connectivity index (χ3n) is 4.35. The Morgan fingerprint density at radius 1 is 1.14 bits per heavy atom. The molecule has 22 heavy (non-hydrogen) atoms. The summed E-state index contributed by atoms with van der Waals surface area (Å²) in [4.78, 5) is 4.25. The maximum atomic E-state index is 5.42. The van der Waals surface area contributed by atoms with E-state index in [0.29, 0.717) is 18.4 Å². The molecule has 0 unspecified atom stereocenters. The zero-order valence-corrected chi connectivity index (χ0v) is 14.8. The highest BCUT2D eigenvalue weighted by atomic mass is 16.5. The van der Waals surface area contributed by atoms with Crippen LogP contribution in [-0.4, -0.2) is 24.7 Å². The van der Waals surface area contributed by atoms with Crippen LogP contribution in [0.2, 0.25) is 0 Å². The highest BCUT2D eigenvalue weighted by Gasteiger charge is 2.13. The second kappa shape index (κ2) is 10.2. The van der Waals surface area contributed by atoms with Crippen molar-refractivity contribution in [2.75, 3.05) is 13.6 Å². The van der Waals surface area contributed by atoms with Gasteiger partial charge in [-0.25, -0.2) is 0 Å². The van der Waals surface area contributed by atoms with Gasteiger partial charge >= 0.3 is 0 Å². The van der Waals surface area contributed by atoms with Crippen molar-refractivity contribution in [3.8, 4) is 0 Å². The van der Waals surface area contributed by atoms with E-state index >= 15 is 0 Å². The lowest BCUT2D eigenvalue weighted by Crippen LogP contribution is -2.39. The number of aromatic nitrogens is 1. The number of aliphatic imine (C=N–C) groups is 1. The molecule has 0 aromatic carbocycles. The molecule has 0 atom stereocenters. The molecule has 0 spiro atoms. The molecule has 0 amide bonds. The number of hydrogen-bond acceptors (Lipinski definition) is 3. The van der Waals surface area contributed by atoms with E-state index in [1.54, 1.807) is 7.05 Å². The molecule has 1 aromatic heterocycles. The normalized spacial score (nSPS) is 12.2. The van der Waals surface area contributed by atoms with Crippen LogP contribution in [0, 0.1) is 5.92 Å². The van der Waals surface area contributed by atoms with Gasteiger partial charge in [-0.3, -0.25) is 4.99 Å². The highest BCUT2D eigenvalue weighted by Crippen LogP contribution is 2.22. The van der Waals surface area contributed by atoms with Gasteiger partial charge in [-0.15, -0.1) is 0 Å². The largest absolute Gasteiger partial charge is 0.359 e. The summed E-state index contributed by atoms with van der Waals surface area (Å²) in [5.74, 6) is 2.84. The molecule has 0 saturated carbocycles. The first-order valence-corrected chi connectivity index (χ1v) is 8.58. The minimum absolute atomic E-state index is 0.491. The predicted molar refractivity (Wildman–Crippen MR) is 92.1 cm³/mol. The summed E-state index contributed by atoms with van der Waals surface area (Å²) < 4.78 is 5.42. The number of hydrogen-bond donors (Lipinski definition) is 2. The summed E-state index contributed by atoms with van der Waals surface area (Å²) in [5, 5.41) is 10.8. The van der Waals surface area contributed by atoms with E-state index in [2.05, 4.69) is 54.5 Å². The fraction of sp³-hybridized carbons (Fsp3) is 0.765. The van der Waals surface area contributed by atoms with E-state index in [9.17, 15) is 0 Å². The maximum absolute atomic E-state index is 5.42. The molecule has 0 fully saturated rings. The lowest BCUT2D eigenvalue weighted by atomic mass is 9.99. The number of guanidine groups is 1. The van der Waals surface area contributed by atoms with Gasteiger partial charge in [-0.05, 0) is 18.8 Å². The van der Waals surface area contributed by atoms with Gasteiger partial charge in [0.25, 0.3) is 0 Å². The van der Waals surface area contributed by atoms with Crippen LogP contribution in [0.25, 0.3) is 0 Å². The Balaban J connectivity index is 2.47. The second-order valence-corrected chi connectivity index (χ2v) is 5.72. The van der Waals surface area contributed by atoms with Crippen LogP contribution in [0.15, 0.2) is 15.6 Å². The fourth-order valence-corrected chi connectivity index (χ4v) is 2.52. The average molecular weight is 308 g/mol. The van der Waals surface area contributed by atoms with Crippen LogP contribution in [-0.2, 0) is 6.54 Å². The zero-order chi connectivity index (χ0) is 16.4. The van der Waals surface area contributed by atoms with Gasteiger partial charge in [0.2, 0.25) is 0 Å². The predicted octanol–water partition coefficient (Wildman–Crippen LogP) is 3.68. The highest BCUT2D eigenvalue weighted by molar-refractivity contribution is 5.79. The smallest absolute Gasteiger partial charge is 0.191 e. The molecule has 1 rings (SSSR count). The van der Waals surface area contributed by atoms with Gasteiger partial charge in [-0.1, -0.05) is 45.7 Å². The molecule has 1 heterocycles. The van der Waals surface area contributed by atoms with E-state index < -0.39 is 0 Å². The number of nitrogens with zero attached hydrogens (tertiary/aromatic N) is 2. The first kappa shape index (κ1) is 18.5. The van der Waals surface area contributed by atoms with Crippen LogP contribution >= 0.6 is 0 Å². The zero-order valence-electron chi connectivity index (χ0n) is 14.8. The molecule has 5 nitrogen and oxygen atoms in total. The minimum atomic E-state index is 0.491. The van der Waals surface area contributed by atoms with Crippen molar-refractivity contribution < 1.29 is 4.52 Å².